The number of fused-ring (bicyclic) bond motifs is 1. The molecule has 8 heteroatoms. The molecule has 0 saturated carbocycles. The van der Waals surface area contributed by atoms with Gasteiger partial charge in [0.1, 0.15) is 6.26 Å². The molecule has 160 valence electrons. The number of rotatable bonds is 6. The van der Waals surface area contributed by atoms with Crippen LogP contribution in [-0.4, -0.2) is 34.9 Å². The lowest BCUT2D eigenvalue weighted by molar-refractivity contribution is 0.321. The summed E-state index contributed by atoms with van der Waals surface area (Å²) >= 11 is 3.46. The van der Waals surface area contributed by atoms with Crippen molar-refractivity contribution in [3.63, 3.8) is 0 Å². The molecule has 0 bridgehead atoms. The number of hydrogen-bond donors (Lipinski definition) is 3. The number of furan rings is 1. The molecule has 4 aromatic rings. The van der Waals surface area contributed by atoms with Crippen molar-refractivity contribution >= 4 is 32.7 Å². The number of anilines is 1. The third-order valence-electron chi connectivity index (χ3n) is 5.86. The lowest BCUT2D eigenvalue weighted by Gasteiger charge is -2.22. The van der Waals surface area contributed by atoms with Gasteiger partial charge in [0.05, 0.1) is 18.2 Å². The Hall–Kier alpha value is -2.84. The van der Waals surface area contributed by atoms with Crippen LogP contribution in [0.4, 0.5) is 5.82 Å². The first kappa shape index (κ1) is 20.1. The van der Waals surface area contributed by atoms with Crippen LogP contribution in [0.3, 0.4) is 0 Å². The largest absolute Gasteiger partial charge is 0.486 e. The van der Waals surface area contributed by atoms with Gasteiger partial charge >= 0.3 is 0 Å². The molecule has 1 fully saturated rings. The lowest BCUT2D eigenvalue weighted by Crippen LogP contribution is -2.27. The zero-order valence-electron chi connectivity index (χ0n) is 17.0. The first-order chi connectivity index (χ1) is 15.2. The van der Waals surface area contributed by atoms with E-state index in [1.807, 2.05) is 18.3 Å². The quantitative estimate of drug-likeness (QED) is 0.370. The van der Waals surface area contributed by atoms with Crippen LogP contribution in [0.25, 0.3) is 22.1 Å². The number of nitrogens with two attached hydrogens (primary N) is 1. The van der Waals surface area contributed by atoms with E-state index < -0.39 is 0 Å². The molecule has 0 unspecified atom stereocenters. The molecule has 4 heterocycles. The maximum absolute atomic E-state index is 6.13. The lowest BCUT2D eigenvalue weighted by atomic mass is 9.90. The third kappa shape index (κ3) is 4.05. The van der Waals surface area contributed by atoms with Crippen molar-refractivity contribution in [2.24, 2.45) is 0 Å². The zero-order chi connectivity index (χ0) is 21.2. The number of piperidine rings is 1. The fraction of sp³-hybridized carbons (Fsp3) is 0.304. The van der Waals surface area contributed by atoms with Crippen molar-refractivity contribution in [2.75, 3.05) is 25.4 Å². The normalized spacial score (nSPS) is 14.9. The number of halogens is 1. The molecule has 1 aliphatic heterocycles. The predicted octanol–water partition coefficient (Wildman–Crippen LogP) is 4.65. The molecule has 3 aromatic heterocycles. The molecule has 0 radical (unpaired) electrons. The first-order valence-electron chi connectivity index (χ1n) is 10.5. The van der Waals surface area contributed by atoms with Crippen molar-refractivity contribution in [1.82, 2.24) is 20.5 Å². The Morgan fingerprint density at radius 1 is 1.13 bits per heavy atom. The molecule has 4 N–H and O–H groups in total. The highest BCUT2D eigenvalue weighted by molar-refractivity contribution is 9.10. The van der Waals surface area contributed by atoms with E-state index in [2.05, 4.69) is 48.6 Å². The molecule has 0 aliphatic carbocycles. The van der Waals surface area contributed by atoms with Crippen molar-refractivity contribution in [2.45, 2.75) is 25.2 Å². The highest BCUT2D eigenvalue weighted by Gasteiger charge is 2.24. The average Bonchev–Trinajstić information content (AvgIpc) is 3.44. The molecule has 1 saturated heterocycles. The number of ether oxygens (including phenoxy) is 1. The van der Waals surface area contributed by atoms with Gasteiger partial charge in [-0.25, -0.2) is 4.98 Å². The number of nitrogens with zero attached hydrogens (tertiary/aromatic N) is 2. The van der Waals surface area contributed by atoms with Gasteiger partial charge in [-0.05, 0) is 43.6 Å². The number of nitrogens with one attached hydrogen (secondary N) is 2. The molecule has 5 rings (SSSR count). The minimum Gasteiger partial charge on any atom is -0.486 e. The van der Waals surface area contributed by atoms with E-state index in [-0.39, 0.29) is 0 Å². The summed E-state index contributed by atoms with van der Waals surface area (Å²) < 4.78 is 13.0. The molecule has 7 nitrogen and oxygen atoms in total. The summed E-state index contributed by atoms with van der Waals surface area (Å²) in [6.07, 6.45) is 8.30. The van der Waals surface area contributed by atoms with E-state index in [1.165, 1.54) is 5.56 Å². The van der Waals surface area contributed by atoms with E-state index in [1.54, 1.807) is 12.5 Å². The SMILES string of the molecule is Nc1ncc2c(-c3cn[nH]c3C3CCNCC3)coc2c1OCCc1ccc(Br)cc1. The van der Waals surface area contributed by atoms with E-state index in [0.29, 0.717) is 29.7 Å². The predicted molar refractivity (Wildman–Crippen MR) is 124 cm³/mol. The molecule has 1 aromatic carbocycles. The summed E-state index contributed by atoms with van der Waals surface area (Å²) in [5, 5.41) is 11.8. The molecule has 0 spiro atoms. The fourth-order valence-electron chi connectivity index (χ4n) is 4.18. The van der Waals surface area contributed by atoms with E-state index >= 15 is 0 Å². The van der Waals surface area contributed by atoms with Gasteiger partial charge in [-0.15, -0.1) is 0 Å². The van der Waals surface area contributed by atoms with Crippen LogP contribution in [0.1, 0.15) is 30.0 Å². The number of aromatic nitrogens is 3. The monoisotopic (exact) mass is 481 g/mol. The molecule has 31 heavy (non-hydrogen) atoms. The minimum absolute atomic E-state index is 0.329. The van der Waals surface area contributed by atoms with Crippen molar-refractivity contribution in [1.29, 1.82) is 0 Å². The highest BCUT2D eigenvalue weighted by atomic mass is 79.9. The molecule has 0 amide bonds. The topological polar surface area (TPSA) is 102 Å². The highest BCUT2D eigenvalue weighted by Crippen LogP contribution is 2.40. The van der Waals surface area contributed by atoms with Crippen LogP contribution in [0.15, 0.2) is 51.8 Å². The van der Waals surface area contributed by atoms with Crippen LogP contribution in [0.5, 0.6) is 5.75 Å². The standard InChI is InChI=1S/C23H24BrN5O2/c24-16-3-1-14(2-4-16)7-10-30-22-21-18(11-27-23(22)25)19(13-31-21)17-12-28-29-20(17)15-5-8-26-9-6-15/h1-4,11-13,15,26H,5-10H2,(H2,25,27)(H,28,29). The number of aromatic amines is 1. The summed E-state index contributed by atoms with van der Waals surface area (Å²) in [6.45, 7) is 2.52. The summed E-state index contributed by atoms with van der Waals surface area (Å²) in [4.78, 5) is 4.38. The Morgan fingerprint density at radius 3 is 2.74 bits per heavy atom. The number of nitrogen functional groups attached to an aromatic ring is 1. The smallest absolute Gasteiger partial charge is 0.205 e. The number of benzene rings is 1. The van der Waals surface area contributed by atoms with Crippen LogP contribution in [-0.2, 0) is 6.42 Å². The van der Waals surface area contributed by atoms with Crippen molar-refractivity contribution in [3.05, 3.63) is 58.7 Å². The first-order valence-corrected chi connectivity index (χ1v) is 11.3. The Balaban J connectivity index is 1.41. The van der Waals surface area contributed by atoms with Gasteiger partial charge in [0.25, 0.3) is 0 Å². The maximum atomic E-state index is 6.13. The summed E-state index contributed by atoms with van der Waals surface area (Å²) in [7, 11) is 0. The Labute approximate surface area is 188 Å². The number of H-pyrrole nitrogens is 1. The van der Waals surface area contributed by atoms with Gasteiger partial charge in [0, 0.05) is 39.8 Å². The van der Waals surface area contributed by atoms with Crippen molar-refractivity contribution in [3.8, 4) is 16.9 Å². The number of hydrogen-bond acceptors (Lipinski definition) is 6. The fourth-order valence-corrected chi connectivity index (χ4v) is 4.45. The molecule has 1 aliphatic rings. The molecule has 0 atom stereocenters. The Morgan fingerprint density at radius 2 is 1.94 bits per heavy atom. The minimum atomic E-state index is 0.329. The van der Waals surface area contributed by atoms with Gasteiger partial charge in [-0.2, -0.15) is 5.10 Å². The summed E-state index contributed by atoms with van der Waals surface area (Å²) in [5.41, 5.74) is 11.1. The Bertz CT molecular complexity index is 1180. The van der Waals surface area contributed by atoms with Crippen LogP contribution < -0.4 is 15.8 Å². The molecular weight excluding hydrogens is 458 g/mol. The van der Waals surface area contributed by atoms with Crippen LogP contribution in [0.2, 0.25) is 0 Å². The van der Waals surface area contributed by atoms with Crippen molar-refractivity contribution < 1.29 is 9.15 Å². The average molecular weight is 482 g/mol. The van der Waals surface area contributed by atoms with Gasteiger partial charge in [-0.1, -0.05) is 28.1 Å². The van der Waals surface area contributed by atoms with Gasteiger partial charge in [0.15, 0.2) is 11.4 Å². The second-order valence-corrected chi connectivity index (χ2v) is 8.73. The third-order valence-corrected chi connectivity index (χ3v) is 6.39. The molecular formula is C23H24BrN5O2. The second-order valence-electron chi connectivity index (χ2n) is 7.81. The van der Waals surface area contributed by atoms with Gasteiger partial charge in [-0.3, -0.25) is 5.10 Å². The van der Waals surface area contributed by atoms with Crippen LogP contribution >= 0.6 is 15.9 Å². The Kier molecular flexibility index (Phi) is 5.65. The summed E-state index contributed by atoms with van der Waals surface area (Å²) in [6, 6.07) is 8.19. The maximum Gasteiger partial charge on any atom is 0.205 e. The number of pyridine rings is 1. The van der Waals surface area contributed by atoms with Crippen LogP contribution in [0, 0.1) is 0 Å². The van der Waals surface area contributed by atoms with E-state index in [9.17, 15) is 0 Å². The van der Waals surface area contributed by atoms with Gasteiger partial charge < -0.3 is 20.2 Å². The summed E-state index contributed by atoms with van der Waals surface area (Å²) in [5.74, 6) is 1.27. The van der Waals surface area contributed by atoms with E-state index in [4.69, 9.17) is 14.9 Å². The second kappa shape index (κ2) is 8.72. The van der Waals surface area contributed by atoms with Gasteiger partial charge in [0.2, 0.25) is 5.75 Å². The zero-order valence-corrected chi connectivity index (χ0v) is 18.6. The van der Waals surface area contributed by atoms with E-state index in [0.717, 1.165) is 59.0 Å².